The fraction of sp³-hybridized carbons (Fsp3) is 0.286. The molecule has 94 valence electrons. The van der Waals surface area contributed by atoms with Crippen LogP contribution in [0.15, 0.2) is 18.2 Å². The largest absolute Gasteiger partial charge is 0.476 e. The van der Waals surface area contributed by atoms with Gasteiger partial charge < -0.3 is 5.11 Å². The highest BCUT2D eigenvalue weighted by Gasteiger charge is 2.15. The first-order valence-electron chi connectivity index (χ1n) is 5.75. The van der Waals surface area contributed by atoms with Gasteiger partial charge in [0.05, 0.1) is 5.69 Å². The number of carboxylic acid groups (broad SMARTS) is 1. The highest BCUT2D eigenvalue weighted by atomic mass is 16.4. The smallest absolute Gasteiger partial charge is 0.356 e. The molecule has 0 bridgehead atoms. The number of hydrogen-bond acceptors (Lipinski definition) is 2. The first-order valence-corrected chi connectivity index (χ1v) is 5.75. The van der Waals surface area contributed by atoms with E-state index in [0.29, 0.717) is 0 Å². The second kappa shape index (κ2) is 4.29. The molecule has 0 radical (unpaired) electrons. The molecular formula is C14H16N2O2. The molecular weight excluding hydrogens is 228 g/mol. The first kappa shape index (κ1) is 12.4. The lowest BCUT2D eigenvalue weighted by Gasteiger charge is -2.11. The van der Waals surface area contributed by atoms with Crippen LogP contribution in [0.2, 0.25) is 0 Å². The van der Waals surface area contributed by atoms with Gasteiger partial charge in [0.25, 0.3) is 0 Å². The van der Waals surface area contributed by atoms with E-state index in [1.54, 1.807) is 17.8 Å². The molecule has 0 aliphatic rings. The summed E-state index contributed by atoms with van der Waals surface area (Å²) in [6.07, 6.45) is 0. The van der Waals surface area contributed by atoms with Gasteiger partial charge >= 0.3 is 5.97 Å². The van der Waals surface area contributed by atoms with E-state index in [0.717, 1.165) is 22.4 Å². The number of hydrogen-bond donors (Lipinski definition) is 1. The second-order valence-corrected chi connectivity index (χ2v) is 4.62. The molecule has 1 aromatic carbocycles. The third kappa shape index (κ3) is 2.01. The maximum absolute atomic E-state index is 10.9. The van der Waals surface area contributed by atoms with Crippen LogP contribution in [0.4, 0.5) is 0 Å². The van der Waals surface area contributed by atoms with Crippen LogP contribution in [0.25, 0.3) is 11.3 Å². The Labute approximate surface area is 106 Å². The molecule has 0 amide bonds. The lowest BCUT2D eigenvalue weighted by atomic mass is 9.97. The quantitative estimate of drug-likeness (QED) is 0.883. The summed E-state index contributed by atoms with van der Waals surface area (Å²) in [5, 5.41) is 13.0. The van der Waals surface area contributed by atoms with Crippen molar-refractivity contribution in [3.05, 3.63) is 40.6 Å². The Morgan fingerprint density at radius 3 is 2.17 bits per heavy atom. The predicted molar refractivity (Wildman–Crippen MR) is 69.8 cm³/mol. The molecule has 0 saturated carbocycles. The number of carboxylic acids is 1. The average Bonchev–Trinajstić information content (AvgIpc) is 2.59. The summed E-state index contributed by atoms with van der Waals surface area (Å²) in [6.45, 7) is 6.11. The molecule has 1 aromatic heterocycles. The van der Waals surface area contributed by atoms with E-state index in [9.17, 15) is 4.79 Å². The zero-order chi connectivity index (χ0) is 13.4. The first-order chi connectivity index (χ1) is 8.40. The minimum atomic E-state index is -1.00. The highest BCUT2D eigenvalue weighted by molar-refractivity contribution is 5.87. The van der Waals surface area contributed by atoms with Crippen molar-refractivity contribution in [3.63, 3.8) is 0 Å². The van der Waals surface area contributed by atoms with E-state index in [4.69, 9.17) is 5.11 Å². The zero-order valence-electron chi connectivity index (χ0n) is 11.0. The van der Waals surface area contributed by atoms with E-state index in [-0.39, 0.29) is 5.69 Å². The Bertz CT molecular complexity index is 604. The van der Waals surface area contributed by atoms with Crippen molar-refractivity contribution in [2.45, 2.75) is 20.8 Å². The van der Waals surface area contributed by atoms with E-state index in [1.165, 1.54) is 5.56 Å². The standard InChI is InChI=1S/C14H16N2O2/c1-8-5-9(2)13(10(3)6-8)12-7-11(14(17)18)15-16(12)4/h5-7H,1-4H3,(H,17,18). The van der Waals surface area contributed by atoms with Crippen molar-refractivity contribution in [2.24, 2.45) is 7.05 Å². The van der Waals surface area contributed by atoms with Crippen LogP contribution in [0.3, 0.4) is 0 Å². The average molecular weight is 244 g/mol. The van der Waals surface area contributed by atoms with E-state index in [2.05, 4.69) is 24.2 Å². The molecule has 0 fully saturated rings. The van der Waals surface area contributed by atoms with Crippen LogP contribution in [0.1, 0.15) is 27.2 Å². The van der Waals surface area contributed by atoms with Crippen molar-refractivity contribution in [1.82, 2.24) is 9.78 Å². The van der Waals surface area contributed by atoms with E-state index >= 15 is 0 Å². The number of carbonyl (C=O) groups is 1. The fourth-order valence-electron chi connectivity index (χ4n) is 2.39. The van der Waals surface area contributed by atoms with Crippen LogP contribution in [-0.2, 0) is 7.05 Å². The van der Waals surface area contributed by atoms with Gasteiger partial charge in [0.1, 0.15) is 0 Å². The summed E-state index contributed by atoms with van der Waals surface area (Å²) in [7, 11) is 1.76. The van der Waals surface area contributed by atoms with Crippen molar-refractivity contribution in [2.75, 3.05) is 0 Å². The lowest BCUT2D eigenvalue weighted by Crippen LogP contribution is -2.00. The van der Waals surface area contributed by atoms with E-state index in [1.807, 2.05) is 13.8 Å². The Hall–Kier alpha value is -2.10. The lowest BCUT2D eigenvalue weighted by molar-refractivity contribution is 0.0689. The number of nitrogens with zero attached hydrogens (tertiary/aromatic N) is 2. The van der Waals surface area contributed by atoms with Gasteiger partial charge in [-0.3, -0.25) is 4.68 Å². The number of rotatable bonds is 2. The molecule has 4 heteroatoms. The number of aromatic nitrogens is 2. The molecule has 4 nitrogen and oxygen atoms in total. The van der Waals surface area contributed by atoms with Gasteiger partial charge in [0.15, 0.2) is 5.69 Å². The molecule has 18 heavy (non-hydrogen) atoms. The Morgan fingerprint density at radius 1 is 1.17 bits per heavy atom. The molecule has 2 rings (SSSR count). The molecule has 0 aliphatic carbocycles. The molecule has 0 unspecified atom stereocenters. The monoisotopic (exact) mass is 244 g/mol. The van der Waals surface area contributed by atoms with Gasteiger partial charge in [-0.25, -0.2) is 4.79 Å². The molecule has 0 spiro atoms. The van der Waals surface area contributed by atoms with Gasteiger partial charge in [0.2, 0.25) is 0 Å². The van der Waals surface area contributed by atoms with Crippen molar-refractivity contribution >= 4 is 5.97 Å². The molecule has 0 atom stereocenters. The molecule has 1 N–H and O–H groups in total. The van der Waals surface area contributed by atoms with Gasteiger partial charge in [-0.15, -0.1) is 0 Å². The molecule has 0 aliphatic heterocycles. The van der Waals surface area contributed by atoms with Crippen LogP contribution in [0, 0.1) is 20.8 Å². The van der Waals surface area contributed by atoms with Crippen LogP contribution in [0.5, 0.6) is 0 Å². The highest BCUT2D eigenvalue weighted by Crippen LogP contribution is 2.28. The van der Waals surface area contributed by atoms with Crippen molar-refractivity contribution in [3.8, 4) is 11.3 Å². The summed E-state index contributed by atoms with van der Waals surface area (Å²) in [5.41, 5.74) is 5.44. The van der Waals surface area contributed by atoms with Crippen molar-refractivity contribution < 1.29 is 9.90 Å². The summed E-state index contributed by atoms with van der Waals surface area (Å²) < 4.78 is 1.62. The minimum Gasteiger partial charge on any atom is -0.476 e. The maximum Gasteiger partial charge on any atom is 0.356 e. The topological polar surface area (TPSA) is 55.1 Å². The van der Waals surface area contributed by atoms with Crippen LogP contribution >= 0.6 is 0 Å². The van der Waals surface area contributed by atoms with Gasteiger partial charge in [0, 0.05) is 12.6 Å². The summed E-state index contributed by atoms with van der Waals surface area (Å²) in [6, 6.07) is 5.80. The predicted octanol–water partition coefficient (Wildman–Crippen LogP) is 2.71. The summed E-state index contributed by atoms with van der Waals surface area (Å²) in [4.78, 5) is 10.9. The van der Waals surface area contributed by atoms with Crippen molar-refractivity contribution in [1.29, 1.82) is 0 Å². The van der Waals surface area contributed by atoms with Gasteiger partial charge in [-0.05, 0) is 38.0 Å². The Balaban J connectivity index is 2.66. The van der Waals surface area contributed by atoms with Gasteiger partial charge in [-0.1, -0.05) is 17.7 Å². The van der Waals surface area contributed by atoms with Crippen LogP contribution < -0.4 is 0 Å². The third-order valence-electron chi connectivity index (χ3n) is 3.03. The molecule has 0 saturated heterocycles. The SMILES string of the molecule is Cc1cc(C)c(-c2cc(C(=O)O)nn2C)c(C)c1. The third-order valence-corrected chi connectivity index (χ3v) is 3.03. The molecule has 1 heterocycles. The normalized spacial score (nSPS) is 10.7. The number of aromatic carboxylic acids is 1. The minimum absolute atomic E-state index is 0.0758. The number of benzene rings is 1. The zero-order valence-corrected chi connectivity index (χ0v) is 11.0. The van der Waals surface area contributed by atoms with Gasteiger partial charge in [-0.2, -0.15) is 5.10 Å². The Kier molecular flexibility index (Phi) is 2.95. The summed E-state index contributed by atoms with van der Waals surface area (Å²) in [5.74, 6) is -1.00. The van der Waals surface area contributed by atoms with Crippen LogP contribution in [-0.4, -0.2) is 20.9 Å². The second-order valence-electron chi connectivity index (χ2n) is 4.62. The Morgan fingerprint density at radius 2 is 1.72 bits per heavy atom. The maximum atomic E-state index is 10.9. The fourth-order valence-corrected chi connectivity index (χ4v) is 2.39. The molecule has 2 aromatic rings. The van der Waals surface area contributed by atoms with E-state index < -0.39 is 5.97 Å². The number of aryl methyl sites for hydroxylation is 4. The summed E-state index contributed by atoms with van der Waals surface area (Å²) >= 11 is 0.